The summed E-state index contributed by atoms with van der Waals surface area (Å²) < 4.78 is 0. The summed E-state index contributed by atoms with van der Waals surface area (Å²) in [5.41, 5.74) is 7.74. The minimum absolute atomic E-state index is 0.0322. The van der Waals surface area contributed by atoms with E-state index in [1.807, 2.05) is 17.9 Å². The zero-order valence-corrected chi connectivity index (χ0v) is 21.5. The normalized spacial score (nSPS) is 19.7. The molecule has 0 saturated carbocycles. The molecule has 2 aliphatic rings. The topological polar surface area (TPSA) is 109 Å². The smallest absolute Gasteiger partial charge is 0.257 e. The lowest BCUT2D eigenvalue weighted by Gasteiger charge is -2.47. The van der Waals surface area contributed by atoms with Crippen LogP contribution >= 0.6 is 11.6 Å². The number of aryl methyl sites for hydroxylation is 1. The van der Waals surface area contributed by atoms with Gasteiger partial charge in [-0.25, -0.2) is 15.0 Å². The summed E-state index contributed by atoms with van der Waals surface area (Å²) in [5.74, 6) is 0.770. The fourth-order valence-electron chi connectivity index (χ4n) is 5.11. The van der Waals surface area contributed by atoms with Gasteiger partial charge in [0, 0.05) is 57.4 Å². The maximum Gasteiger partial charge on any atom is 0.257 e. The molecule has 2 saturated heterocycles. The first-order valence-electron chi connectivity index (χ1n) is 12.4. The molecule has 0 unspecified atom stereocenters. The van der Waals surface area contributed by atoms with Gasteiger partial charge in [0.25, 0.3) is 5.91 Å². The number of Topliss-reactive ketones (excluding diaryl/α,β-unsaturated/α-hetero) is 1. The van der Waals surface area contributed by atoms with Crippen LogP contribution < -0.4 is 10.6 Å². The van der Waals surface area contributed by atoms with E-state index in [1.165, 1.54) is 13.1 Å². The van der Waals surface area contributed by atoms with Gasteiger partial charge in [0.1, 0.15) is 11.5 Å². The molecule has 2 aromatic rings. The number of ketones is 1. The second-order valence-corrected chi connectivity index (χ2v) is 9.64. The summed E-state index contributed by atoms with van der Waals surface area (Å²) in [6.07, 6.45) is 5.14. The first-order chi connectivity index (χ1) is 16.8. The molecule has 2 N–H and O–H groups in total. The summed E-state index contributed by atoms with van der Waals surface area (Å²) >= 11 is 6.38. The van der Waals surface area contributed by atoms with E-state index in [0.29, 0.717) is 42.4 Å². The highest BCUT2D eigenvalue weighted by molar-refractivity contribution is 6.31. The largest absolute Gasteiger partial charge is 0.383 e. The van der Waals surface area contributed by atoms with Crippen LogP contribution in [0.2, 0.25) is 5.15 Å². The van der Waals surface area contributed by atoms with Crippen LogP contribution in [0.25, 0.3) is 0 Å². The highest BCUT2D eigenvalue weighted by Gasteiger charge is 2.35. The number of amides is 1. The quantitative estimate of drug-likeness (QED) is 0.604. The number of nitrogens with two attached hydrogens (primary N) is 1. The molecule has 2 aromatic heterocycles. The molecular weight excluding hydrogens is 466 g/mol. The molecule has 2 aliphatic heterocycles. The minimum Gasteiger partial charge on any atom is -0.383 e. The Bertz CT molecular complexity index is 1090. The Hall–Kier alpha value is -2.78. The molecule has 0 radical (unpaired) electrons. The first-order valence-corrected chi connectivity index (χ1v) is 12.8. The molecule has 188 valence electrons. The number of hydrogen-bond acceptors (Lipinski definition) is 8. The predicted molar refractivity (Wildman–Crippen MR) is 137 cm³/mol. The average Bonchev–Trinajstić information content (AvgIpc) is 2.87. The number of likely N-dealkylation sites (tertiary alicyclic amines) is 1. The number of nitrogen functional groups attached to an aromatic ring is 1. The zero-order valence-electron chi connectivity index (χ0n) is 20.7. The fraction of sp³-hybridized carbons (Fsp3) is 0.560. The number of piperazine rings is 1. The van der Waals surface area contributed by atoms with Crippen LogP contribution in [0.4, 0.5) is 11.6 Å². The van der Waals surface area contributed by atoms with Crippen molar-refractivity contribution < 1.29 is 9.59 Å². The number of carbonyl (C=O) groups is 2. The molecule has 4 heterocycles. The molecule has 1 amide bonds. The third-order valence-electron chi connectivity index (χ3n) is 7.17. The van der Waals surface area contributed by atoms with Gasteiger partial charge in [0.2, 0.25) is 0 Å². The third kappa shape index (κ3) is 5.41. The highest BCUT2D eigenvalue weighted by atomic mass is 35.5. The zero-order chi connectivity index (χ0) is 25.1. The molecule has 0 spiro atoms. The summed E-state index contributed by atoms with van der Waals surface area (Å²) in [6, 6.07) is 4.46. The van der Waals surface area contributed by atoms with Gasteiger partial charge >= 0.3 is 0 Å². The first kappa shape index (κ1) is 25.3. The second kappa shape index (κ2) is 10.9. The van der Waals surface area contributed by atoms with Gasteiger partial charge in [0.15, 0.2) is 16.8 Å². The average molecular weight is 500 g/mol. The molecule has 0 aliphatic carbocycles. The van der Waals surface area contributed by atoms with Crippen LogP contribution in [-0.2, 0) is 6.42 Å². The molecule has 35 heavy (non-hydrogen) atoms. The van der Waals surface area contributed by atoms with E-state index in [-0.39, 0.29) is 22.5 Å². The minimum atomic E-state index is -0.149. The van der Waals surface area contributed by atoms with Crippen LogP contribution in [0.1, 0.15) is 66.6 Å². The van der Waals surface area contributed by atoms with Crippen molar-refractivity contribution in [3.63, 3.8) is 0 Å². The van der Waals surface area contributed by atoms with Crippen LogP contribution in [0.3, 0.4) is 0 Å². The Morgan fingerprint density at radius 2 is 1.86 bits per heavy atom. The molecule has 10 heteroatoms. The number of hydrogen-bond donors (Lipinski definition) is 1. The van der Waals surface area contributed by atoms with Crippen LogP contribution in [-0.4, -0.2) is 81.2 Å². The van der Waals surface area contributed by atoms with Gasteiger partial charge in [-0.1, -0.05) is 25.4 Å². The Morgan fingerprint density at radius 3 is 2.46 bits per heavy atom. The molecular formula is C25H34ClN7O2. The number of aromatic nitrogens is 3. The summed E-state index contributed by atoms with van der Waals surface area (Å²) in [5, 5.41) is 0.272. The monoisotopic (exact) mass is 499 g/mol. The van der Waals surface area contributed by atoms with Crippen LogP contribution in [0.15, 0.2) is 18.3 Å². The summed E-state index contributed by atoms with van der Waals surface area (Å²) in [4.78, 5) is 44.3. The van der Waals surface area contributed by atoms with E-state index in [4.69, 9.17) is 17.3 Å². The van der Waals surface area contributed by atoms with Gasteiger partial charge in [-0.2, -0.15) is 0 Å². The molecule has 2 fully saturated rings. The van der Waals surface area contributed by atoms with E-state index in [9.17, 15) is 9.59 Å². The van der Waals surface area contributed by atoms with E-state index < -0.39 is 0 Å². The van der Waals surface area contributed by atoms with E-state index in [1.54, 1.807) is 6.07 Å². The highest BCUT2D eigenvalue weighted by Crippen LogP contribution is 2.29. The number of nitrogens with zero attached hydrogens (tertiary/aromatic N) is 6. The SMILES string of the molecule is CCc1ccc(C(=O)N2CCC(N3CCN(c4ncc(C(C)=O)nc4Cl)C[C@@H]3CC)CC2)c(N)n1. The third-order valence-corrected chi connectivity index (χ3v) is 7.42. The van der Waals surface area contributed by atoms with Gasteiger partial charge in [-0.05, 0) is 37.8 Å². The van der Waals surface area contributed by atoms with E-state index in [0.717, 1.165) is 51.0 Å². The number of anilines is 2. The maximum atomic E-state index is 13.1. The van der Waals surface area contributed by atoms with Crippen LogP contribution in [0.5, 0.6) is 0 Å². The molecule has 1 atom stereocenters. The van der Waals surface area contributed by atoms with Crippen molar-refractivity contribution in [1.29, 1.82) is 0 Å². The van der Waals surface area contributed by atoms with Crippen molar-refractivity contribution >= 4 is 34.9 Å². The number of halogens is 1. The fourth-order valence-corrected chi connectivity index (χ4v) is 5.37. The number of pyridine rings is 1. The molecule has 9 nitrogen and oxygen atoms in total. The lowest BCUT2D eigenvalue weighted by Crippen LogP contribution is -2.58. The van der Waals surface area contributed by atoms with Crippen LogP contribution in [0, 0.1) is 0 Å². The molecule has 0 aromatic carbocycles. The predicted octanol–water partition coefficient (Wildman–Crippen LogP) is 3.08. The van der Waals surface area contributed by atoms with E-state index >= 15 is 0 Å². The van der Waals surface area contributed by atoms with Gasteiger partial charge in [-0.15, -0.1) is 0 Å². The maximum absolute atomic E-state index is 13.1. The lowest BCUT2D eigenvalue weighted by molar-refractivity contribution is 0.0491. The molecule has 4 rings (SSSR count). The van der Waals surface area contributed by atoms with Crippen molar-refractivity contribution in [2.75, 3.05) is 43.4 Å². The summed E-state index contributed by atoms with van der Waals surface area (Å²) in [6.45, 7) is 9.56. The Morgan fingerprint density at radius 1 is 1.11 bits per heavy atom. The molecule has 0 bridgehead atoms. The Kier molecular flexibility index (Phi) is 7.86. The van der Waals surface area contributed by atoms with Gasteiger partial charge in [0.05, 0.1) is 11.8 Å². The van der Waals surface area contributed by atoms with Gasteiger partial charge < -0.3 is 15.5 Å². The number of rotatable bonds is 6. The number of carbonyl (C=O) groups excluding carboxylic acids is 2. The van der Waals surface area contributed by atoms with Crippen molar-refractivity contribution in [2.24, 2.45) is 0 Å². The standard InChI is InChI=1S/C25H34ClN7O2/c1-4-17-6-7-20(23(27)29-17)25(35)31-10-8-19(9-11-31)33-13-12-32(15-18(33)5-2)24-22(26)30-21(14-28-24)16(3)34/h6-7,14,18-19H,4-5,8-13,15H2,1-3H3,(H2,27,29)/t18-/m0/s1. The summed E-state index contributed by atoms with van der Waals surface area (Å²) in [7, 11) is 0. The van der Waals surface area contributed by atoms with Crippen molar-refractivity contribution in [3.05, 3.63) is 40.4 Å². The van der Waals surface area contributed by atoms with Crippen molar-refractivity contribution in [2.45, 2.75) is 58.5 Å². The van der Waals surface area contributed by atoms with E-state index in [2.05, 4.69) is 31.7 Å². The Labute approximate surface area is 211 Å². The Balaban J connectivity index is 1.37. The second-order valence-electron chi connectivity index (χ2n) is 9.28. The van der Waals surface area contributed by atoms with Gasteiger partial charge in [-0.3, -0.25) is 14.5 Å². The van der Waals surface area contributed by atoms with Crippen molar-refractivity contribution in [3.8, 4) is 0 Å². The number of piperidine rings is 1. The lowest BCUT2D eigenvalue weighted by atomic mass is 9.97. The van der Waals surface area contributed by atoms with Crippen molar-refractivity contribution in [1.82, 2.24) is 24.8 Å².